The molecule has 4 heterocycles. The van der Waals surface area contributed by atoms with Crippen LogP contribution in [0.4, 0.5) is 0 Å². The average Bonchev–Trinajstić information content (AvgIpc) is 3.51. The smallest absolute Gasteiger partial charge is 0.303 e. The number of methoxy groups -OCH3 is 2. The van der Waals surface area contributed by atoms with Crippen molar-refractivity contribution in [2.45, 2.75) is 107 Å². The first-order chi connectivity index (χ1) is 22.2. The molecule has 3 saturated heterocycles. The molecule has 47 heavy (non-hydrogen) atoms. The van der Waals surface area contributed by atoms with Crippen molar-refractivity contribution >= 4 is 38.5 Å². The van der Waals surface area contributed by atoms with Crippen LogP contribution in [0.1, 0.15) is 73.2 Å². The maximum atomic E-state index is 13.1. The zero-order chi connectivity index (χ0) is 33.8. The fourth-order valence-corrected chi connectivity index (χ4v) is 9.13. The Bertz CT molecular complexity index is 1680. The Morgan fingerprint density at radius 1 is 1.19 bits per heavy atom. The number of phenols is 1. The zero-order valence-electron chi connectivity index (χ0n) is 27.0. The molecule has 3 fully saturated rings. The molecule has 4 aliphatic heterocycles. The standard InChI is InChI=1S/C33H39BrO13/c1-14-10-18-23(24(37)22-17(25(18)40-5)8-7-9-19(22)36)26-21(14)27-29-33(41-6,46-26)31(39,12-34)32(45-27,47-29)13-42-20-11-30(4,38)28(15(2)43-20)44-16(3)35/h10,15,20,27-29,37-39H,7-9,11-13H2,1-6H3/t15?,20?,27?,28?,29?,30?,31-,32?,33-/m1/s1. The van der Waals surface area contributed by atoms with Crippen LogP contribution < -0.4 is 9.47 Å². The number of ketones is 1. The fraction of sp³-hybridized carbons (Fsp3) is 0.636. The highest BCUT2D eigenvalue weighted by Crippen LogP contribution is 2.67. The molecule has 2 aromatic rings. The topological polar surface area (TPSA) is 169 Å². The van der Waals surface area contributed by atoms with Gasteiger partial charge in [0.2, 0.25) is 5.79 Å². The van der Waals surface area contributed by atoms with Gasteiger partial charge in [0.1, 0.15) is 35.6 Å². The van der Waals surface area contributed by atoms with Gasteiger partial charge >= 0.3 is 5.97 Å². The fourth-order valence-electron chi connectivity index (χ4n) is 8.31. The van der Waals surface area contributed by atoms with Gasteiger partial charge in [-0.3, -0.25) is 9.59 Å². The normalized spacial score (nSPS) is 38.6. The first-order valence-corrected chi connectivity index (χ1v) is 16.8. The maximum absolute atomic E-state index is 13.1. The monoisotopic (exact) mass is 722 g/mol. The first-order valence-electron chi connectivity index (χ1n) is 15.7. The summed E-state index contributed by atoms with van der Waals surface area (Å²) >= 11 is 3.43. The highest BCUT2D eigenvalue weighted by atomic mass is 79.9. The van der Waals surface area contributed by atoms with Gasteiger partial charge in [0.25, 0.3) is 5.79 Å². The summed E-state index contributed by atoms with van der Waals surface area (Å²) in [6.45, 7) is 5.97. The van der Waals surface area contributed by atoms with Gasteiger partial charge in [0.15, 0.2) is 29.9 Å². The van der Waals surface area contributed by atoms with Gasteiger partial charge in [-0.05, 0) is 45.2 Å². The zero-order valence-corrected chi connectivity index (χ0v) is 28.6. The van der Waals surface area contributed by atoms with Crippen LogP contribution in [-0.4, -0.2) is 101 Å². The summed E-state index contributed by atoms with van der Waals surface area (Å²) < 4.78 is 49.1. The lowest BCUT2D eigenvalue weighted by Gasteiger charge is -2.53. The number of carbonyl (C=O) groups is 2. The molecule has 9 atom stereocenters. The lowest BCUT2D eigenvalue weighted by Crippen LogP contribution is -2.75. The van der Waals surface area contributed by atoms with E-state index in [0.29, 0.717) is 41.5 Å². The van der Waals surface area contributed by atoms with E-state index in [9.17, 15) is 24.9 Å². The second kappa shape index (κ2) is 11.0. The van der Waals surface area contributed by atoms with Gasteiger partial charge in [0, 0.05) is 48.7 Å². The summed E-state index contributed by atoms with van der Waals surface area (Å²) in [6.07, 6.45) is -2.95. The second-order valence-electron chi connectivity index (χ2n) is 13.3. The number of phenolic OH excluding ortho intramolecular Hbond substituents is 1. The molecule has 1 aliphatic carbocycles. The van der Waals surface area contributed by atoms with Gasteiger partial charge in [0.05, 0.1) is 24.2 Å². The van der Waals surface area contributed by atoms with E-state index in [-0.39, 0.29) is 46.6 Å². The summed E-state index contributed by atoms with van der Waals surface area (Å²) in [7, 11) is 2.91. The Balaban J connectivity index is 1.30. The van der Waals surface area contributed by atoms with E-state index in [0.717, 1.165) is 5.56 Å². The molecule has 7 rings (SSSR count). The molecule has 256 valence electrons. The number of aliphatic hydroxyl groups is 2. The third kappa shape index (κ3) is 4.32. The quantitative estimate of drug-likeness (QED) is 0.282. The number of carbonyl (C=O) groups excluding carboxylic acids is 2. The predicted molar refractivity (Wildman–Crippen MR) is 166 cm³/mol. The van der Waals surface area contributed by atoms with Crippen molar-refractivity contribution in [3.8, 4) is 17.2 Å². The van der Waals surface area contributed by atoms with Gasteiger partial charge < -0.3 is 53.2 Å². The van der Waals surface area contributed by atoms with Crippen molar-refractivity contribution in [2.24, 2.45) is 0 Å². The summed E-state index contributed by atoms with van der Waals surface area (Å²) in [5.41, 5.74) is -1.35. The number of esters is 1. The van der Waals surface area contributed by atoms with Crippen LogP contribution in [0, 0.1) is 6.92 Å². The lowest BCUT2D eigenvalue weighted by atomic mass is 9.76. The lowest BCUT2D eigenvalue weighted by molar-refractivity contribution is -0.364. The number of Topliss-reactive ketones (excluding diaryl/α,β-unsaturated/α-hetero) is 1. The highest BCUT2D eigenvalue weighted by Gasteiger charge is 2.85. The minimum atomic E-state index is -2.03. The number of ether oxygens (including phenoxy) is 8. The molecule has 3 N–H and O–H groups in total. The molecule has 0 amide bonds. The summed E-state index contributed by atoms with van der Waals surface area (Å²) in [4.78, 5) is 24.8. The summed E-state index contributed by atoms with van der Waals surface area (Å²) in [5, 5.41) is 36.0. The van der Waals surface area contributed by atoms with Crippen LogP contribution in [0.25, 0.3) is 10.8 Å². The van der Waals surface area contributed by atoms with Gasteiger partial charge in [-0.1, -0.05) is 15.9 Å². The summed E-state index contributed by atoms with van der Waals surface area (Å²) in [5.74, 6) is -3.98. The Labute approximate surface area is 279 Å². The number of alkyl halides is 1. The van der Waals surface area contributed by atoms with Crippen molar-refractivity contribution in [2.75, 3.05) is 26.2 Å². The van der Waals surface area contributed by atoms with Crippen molar-refractivity contribution in [1.82, 2.24) is 0 Å². The maximum Gasteiger partial charge on any atom is 0.303 e. The van der Waals surface area contributed by atoms with Crippen LogP contribution in [0.3, 0.4) is 0 Å². The number of fused-ring (bicyclic) bond motifs is 6. The Hall–Kier alpha value is -2.56. The van der Waals surface area contributed by atoms with Crippen molar-refractivity contribution in [1.29, 1.82) is 0 Å². The molecule has 2 bridgehead atoms. The average molecular weight is 724 g/mol. The van der Waals surface area contributed by atoms with Crippen LogP contribution in [-0.2, 0) is 39.6 Å². The number of rotatable bonds is 7. The molecular weight excluding hydrogens is 684 g/mol. The van der Waals surface area contributed by atoms with E-state index in [2.05, 4.69) is 15.9 Å². The number of benzene rings is 2. The SMILES string of the molecule is COc1c2c(c(O)c3c4c(c(C)cc13)C1OC3(COC5CC(C)(O)C(OC(C)=O)C(C)O5)OC1[C@@](OC)(O4)[C@@]3(O)CBr)C(=O)CCC2. The summed E-state index contributed by atoms with van der Waals surface area (Å²) in [6, 6.07) is 1.86. The number of halogens is 1. The van der Waals surface area contributed by atoms with Crippen molar-refractivity contribution in [3.05, 3.63) is 28.3 Å². The van der Waals surface area contributed by atoms with Gasteiger partial charge in [-0.15, -0.1) is 0 Å². The number of aryl methyl sites for hydroxylation is 1. The predicted octanol–water partition coefficient (Wildman–Crippen LogP) is 3.24. The van der Waals surface area contributed by atoms with Crippen LogP contribution in [0.5, 0.6) is 17.2 Å². The minimum Gasteiger partial charge on any atom is -0.506 e. The molecule has 2 aromatic carbocycles. The molecular formula is C33H39BrO13. The Morgan fingerprint density at radius 3 is 2.57 bits per heavy atom. The van der Waals surface area contributed by atoms with E-state index in [1.807, 2.05) is 13.0 Å². The molecule has 13 nitrogen and oxygen atoms in total. The van der Waals surface area contributed by atoms with E-state index in [1.165, 1.54) is 28.1 Å². The van der Waals surface area contributed by atoms with Crippen molar-refractivity contribution < 1.29 is 62.8 Å². The number of aromatic hydroxyl groups is 1. The number of hydrogen-bond acceptors (Lipinski definition) is 13. The molecule has 5 aliphatic rings. The van der Waals surface area contributed by atoms with Crippen LogP contribution in [0.15, 0.2) is 6.07 Å². The number of hydrogen-bond donors (Lipinski definition) is 3. The third-order valence-electron chi connectivity index (χ3n) is 10.4. The first kappa shape index (κ1) is 33.0. The second-order valence-corrected chi connectivity index (χ2v) is 13.9. The van der Waals surface area contributed by atoms with Crippen molar-refractivity contribution in [3.63, 3.8) is 0 Å². The van der Waals surface area contributed by atoms with Gasteiger partial charge in [-0.2, -0.15) is 0 Å². The third-order valence-corrected chi connectivity index (χ3v) is 11.2. The molecule has 0 saturated carbocycles. The molecule has 0 radical (unpaired) electrons. The highest BCUT2D eigenvalue weighted by molar-refractivity contribution is 9.09. The van der Waals surface area contributed by atoms with Crippen LogP contribution >= 0.6 is 15.9 Å². The molecule has 7 unspecified atom stereocenters. The largest absolute Gasteiger partial charge is 0.506 e. The van der Waals surface area contributed by atoms with E-state index < -0.39 is 59.5 Å². The van der Waals surface area contributed by atoms with Gasteiger partial charge in [-0.25, -0.2) is 0 Å². The molecule has 14 heteroatoms. The molecule has 0 spiro atoms. The Kier molecular flexibility index (Phi) is 7.70. The minimum absolute atomic E-state index is 0.0467. The van der Waals surface area contributed by atoms with E-state index >= 15 is 0 Å². The van der Waals surface area contributed by atoms with E-state index in [1.54, 1.807) is 6.92 Å². The van der Waals surface area contributed by atoms with Crippen LogP contribution in [0.2, 0.25) is 0 Å². The van der Waals surface area contributed by atoms with E-state index in [4.69, 9.17) is 37.9 Å². The Morgan fingerprint density at radius 2 is 1.94 bits per heavy atom. The molecule has 0 aromatic heterocycles.